The first kappa shape index (κ1) is 16.8. The van der Waals surface area contributed by atoms with Gasteiger partial charge in [-0.25, -0.2) is 4.98 Å². The molecule has 5 nitrogen and oxygen atoms in total. The summed E-state index contributed by atoms with van der Waals surface area (Å²) in [6, 6.07) is 8.03. The molecule has 0 radical (unpaired) electrons. The normalized spacial score (nSPS) is 14.8. The largest absolute Gasteiger partial charge is 0.495 e. The van der Waals surface area contributed by atoms with E-state index in [1.165, 1.54) is 0 Å². The first-order valence-electron chi connectivity index (χ1n) is 8.30. The highest BCUT2D eigenvalue weighted by Gasteiger charge is 2.23. The molecule has 0 saturated carbocycles. The molecular formula is C18H23N3O2S. The molecule has 0 N–H and O–H groups in total. The molecule has 0 bridgehead atoms. The van der Waals surface area contributed by atoms with Crippen molar-refractivity contribution < 1.29 is 9.53 Å². The Labute approximate surface area is 146 Å². The number of ether oxygens (including phenoxy) is 1. The van der Waals surface area contributed by atoms with Gasteiger partial charge in [0.05, 0.1) is 29.9 Å². The summed E-state index contributed by atoms with van der Waals surface area (Å²) in [5.74, 6) is 1.05. The predicted octanol–water partition coefficient (Wildman–Crippen LogP) is 2.61. The van der Waals surface area contributed by atoms with Crippen molar-refractivity contribution in [3.63, 3.8) is 0 Å². The quantitative estimate of drug-likeness (QED) is 0.836. The number of aromatic nitrogens is 1. The van der Waals surface area contributed by atoms with Crippen LogP contribution in [-0.2, 0) is 17.6 Å². The highest BCUT2D eigenvalue weighted by Crippen LogP contribution is 2.28. The molecular weight excluding hydrogens is 322 g/mol. The molecule has 1 aliphatic heterocycles. The fourth-order valence-electron chi connectivity index (χ4n) is 2.95. The van der Waals surface area contributed by atoms with Gasteiger partial charge in [-0.3, -0.25) is 4.79 Å². The second kappa shape index (κ2) is 7.66. The predicted molar refractivity (Wildman–Crippen MR) is 97.0 cm³/mol. The number of para-hydroxylation sites is 2. The summed E-state index contributed by atoms with van der Waals surface area (Å²) < 4.78 is 5.44. The zero-order valence-corrected chi connectivity index (χ0v) is 15.0. The Kier molecular flexibility index (Phi) is 5.35. The lowest BCUT2D eigenvalue weighted by molar-refractivity contribution is -0.130. The van der Waals surface area contributed by atoms with Crippen LogP contribution in [0.1, 0.15) is 17.6 Å². The zero-order valence-electron chi connectivity index (χ0n) is 14.2. The molecule has 3 rings (SSSR count). The number of piperazine rings is 1. The van der Waals surface area contributed by atoms with Gasteiger partial charge in [0.1, 0.15) is 5.75 Å². The topological polar surface area (TPSA) is 45.7 Å². The maximum atomic E-state index is 12.5. The lowest BCUT2D eigenvalue weighted by Crippen LogP contribution is -2.49. The SMILES string of the molecule is CCc1nc(CC(=O)N2CCN(c3ccccc3OC)CC2)cs1. The first-order chi connectivity index (χ1) is 11.7. The van der Waals surface area contributed by atoms with Crippen molar-refractivity contribution in [2.75, 3.05) is 38.2 Å². The number of carbonyl (C=O) groups excluding carboxylic acids is 1. The number of benzene rings is 1. The van der Waals surface area contributed by atoms with Gasteiger partial charge in [-0.15, -0.1) is 11.3 Å². The summed E-state index contributed by atoms with van der Waals surface area (Å²) in [4.78, 5) is 21.2. The lowest BCUT2D eigenvalue weighted by atomic mass is 10.2. The standard InChI is InChI=1S/C18H23N3O2S/c1-3-17-19-14(13-24-17)12-18(22)21-10-8-20(9-11-21)15-6-4-5-7-16(15)23-2/h4-7,13H,3,8-12H2,1-2H3. The molecule has 1 aromatic carbocycles. The van der Waals surface area contributed by atoms with Gasteiger partial charge in [-0.2, -0.15) is 0 Å². The summed E-state index contributed by atoms with van der Waals surface area (Å²) in [7, 11) is 1.69. The number of carbonyl (C=O) groups is 1. The Morgan fingerprint density at radius 1 is 1.25 bits per heavy atom. The van der Waals surface area contributed by atoms with E-state index in [1.807, 2.05) is 28.5 Å². The van der Waals surface area contributed by atoms with E-state index in [-0.39, 0.29) is 5.91 Å². The molecule has 6 heteroatoms. The smallest absolute Gasteiger partial charge is 0.228 e. The number of nitrogens with zero attached hydrogens (tertiary/aromatic N) is 3. The summed E-state index contributed by atoms with van der Waals surface area (Å²) in [6.07, 6.45) is 1.33. The number of hydrogen-bond acceptors (Lipinski definition) is 5. The summed E-state index contributed by atoms with van der Waals surface area (Å²) in [6.45, 7) is 5.21. The van der Waals surface area contributed by atoms with Crippen LogP contribution in [0.2, 0.25) is 0 Å². The van der Waals surface area contributed by atoms with Crippen LogP contribution >= 0.6 is 11.3 Å². The number of hydrogen-bond donors (Lipinski definition) is 0. The van der Waals surface area contributed by atoms with E-state index in [9.17, 15) is 4.79 Å². The van der Waals surface area contributed by atoms with Gasteiger partial charge in [0.15, 0.2) is 0 Å². The molecule has 0 aliphatic carbocycles. The van der Waals surface area contributed by atoms with E-state index >= 15 is 0 Å². The fraction of sp³-hybridized carbons (Fsp3) is 0.444. The Morgan fingerprint density at radius 3 is 2.67 bits per heavy atom. The van der Waals surface area contributed by atoms with E-state index < -0.39 is 0 Å². The van der Waals surface area contributed by atoms with Gasteiger partial charge in [0.25, 0.3) is 0 Å². The van der Waals surface area contributed by atoms with Crippen LogP contribution < -0.4 is 9.64 Å². The summed E-state index contributed by atoms with van der Waals surface area (Å²) in [5.41, 5.74) is 1.99. The van der Waals surface area contributed by atoms with Crippen LogP contribution in [0.4, 0.5) is 5.69 Å². The van der Waals surface area contributed by atoms with Crippen molar-refractivity contribution in [2.45, 2.75) is 19.8 Å². The van der Waals surface area contributed by atoms with Gasteiger partial charge in [-0.05, 0) is 18.6 Å². The molecule has 0 spiro atoms. The van der Waals surface area contributed by atoms with Crippen molar-refractivity contribution in [1.82, 2.24) is 9.88 Å². The maximum Gasteiger partial charge on any atom is 0.228 e. The van der Waals surface area contributed by atoms with Gasteiger partial charge in [0, 0.05) is 31.6 Å². The minimum absolute atomic E-state index is 0.169. The zero-order chi connectivity index (χ0) is 16.9. The number of methoxy groups -OCH3 is 1. The minimum atomic E-state index is 0.169. The molecule has 0 atom stereocenters. The first-order valence-corrected chi connectivity index (χ1v) is 9.18. The summed E-state index contributed by atoms with van der Waals surface area (Å²) in [5, 5.41) is 3.10. The van der Waals surface area contributed by atoms with Crippen LogP contribution in [0.15, 0.2) is 29.6 Å². The highest BCUT2D eigenvalue weighted by atomic mass is 32.1. The van der Waals surface area contributed by atoms with Crippen molar-refractivity contribution in [3.8, 4) is 5.75 Å². The van der Waals surface area contributed by atoms with Crippen LogP contribution in [0.3, 0.4) is 0 Å². The summed E-state index contributed by atoms with van der Waals surface area (Å²) >= 11 is 1.64. The van der Waals surface area contributed by atoms with E-state index in [2.05, 4.69) is 22.9 Å². The van der Waals surface area contributed by atoms with Crippen molar-refractivity contribution >= 4 is 22.9 Å². The minimum Gasteiger partial charge on any atom is -0.495 e. The Morgan fingerprint density at radius 2 is 2.00 bits per heavy atom. The molecule has 24 heavy (non-hydrogen) atoms. The number of aryl methyl sites for hydroxylation is 1. The molecule has 2 heterocycles. The Hall–Kier alpha value is -2.08. The highest BCUT2D eigenvalue weighted by molar-refractivity contribution is 7.09. The van der Waals surface area contributed by atoms with E-state index in [0.717, 1.165) is 54.7 Å². The average Bonchev–Trinajstić information content (AvgIpc) is 3.09. The number of anilines is 1. The van der Waals surface area contributed by atoms with Gasteiger partial charge >= 0.3 is 0 Å². The van der Waals surface area contributed by atoms with Crippen LogP contribution in [-0.4, -0.2) is 49.1 Å². The monoisotopic (exact) mass is 345 g/mol. The second-order valence-corrected chi connectivity index (χ2v) is 6.75. The third-order valence-corrected chi connectivity index (χ3v) is 5.33. The molecule has 2 aromatic rings. The van der Waals surface area contributed by atoms with E-state index in [0.29, 0.717) is 6.42 Å². The van der Waals surface area contributed by atoms with E-state index in [4.69, 9.17) is 4.74 Å². The fourth-order valence-corrected chi connectivity index (χ4v) is 3.69. The molecule has 128 valence electrons. The number of thiazole rings is 1. The van der Waals surface area contributed by atoms with Crippen molar-refractivity contribution in [3.05, 3.63) is 40.3 Å². The average molecular weight is 345 g/mol. The Balaban J connectivity index is 1.57. The van der Waals surface area contributed by atoms with Crippen molar-refractivity contribution in [1.29, 1.82) is 0 Å². The van der Waals surface area contributed by atoms with Crippen LogP contribution in [0, 0.1) is 0 Å². The lowest BCUT2D eigenvalue weighted by Gasteiger charge is -2.36. The molecule has 1 aromatic heterocycles. The Bertz CT molecular complexity index is 693. The second-order valence-electron chi connectivity index (χ2n) is 5.80. The van der Waals surface area contributed by atoms with Crippen molar-refractivity contribution in [2.24, 2.45) is 0 Å². The third-order valence-electron chi connectivity index (χ3n) is 4.29. The number of amides is 1. The number of rotatable bonds is 5. The van der Waals surface area contributed by atoms with Gasteiger partial charge in [-0.1, -0.05) is 19.1 Å². The molecule has 1 saturated heterocycles. The van der Waals surface area contributed by atoms with Gasteiger partial charge in [0.2, 0.25) is 5.91 Å². The van der Waals surface area contributed by atoms with Crippen LogP contribution in [0.5, 0.6) is 5.75 Å². The van der Waals surface area contributed by atoms with Crippen LogP contribution in [0.25, 0.3) is 0 Å². The third kappa shape index (κ3) is 3.70. The molecule has 1 amide bonds. The molecule has 1 fully saturated rings. The maximum absolute atomic E-state index is 12.5. The van der Waals surface area contributed by atoms with E-state index in [1.54, 1.807) is 18.4 Å². The molecule has 0 unspecified atom stereocenters. The molecule has 1 aliphatic rings. The van der Waals surface area contributed by atoms with Gasteiger partial charge < -0.3 is 14.5 Å².